The number of carbonyl (C=O) groups is 1. The van der Waals surface area contributed by atoms with E-state index >= 15 is 0 Å². The Morgan fingerprint density at radius 1 is 1.69 bits per heavy atom. The van der Waals surface area contributed by atoms with E-state index in [0.717, 1.165) is 10.8 Å². The highest BCUT2D eigenvalue weighted by Crippen LogP contribution is 2.25. The molecule has 0 aliphatic heterocycles. The first-order valence-electron chi connectivity index (χ1n) is 3.47. The number of nitrogens with zero attached hydrogens (tertiary/aromatic N) is 2. The van der Waals surface area contributed by atoms with Crippen molar-refractivity contribution < 1.29 is 18.7 Å². The van der Waals surface area contributed by atoms with Gasteiger partial charge in [-0.05, 0) is 0 Å². The highest BCUT2D eigenvalue weighted by Gasteiger charge is 2.31. The van der Waals surface area contributed by atoms with Crippen LogP contribution in [0.25, 0.3) is 0 Å². The van der Waals surface area contributed by atoms with Crippen LogP contribution in [0.2, 0.25) is 0 Å². The second-order valence-electron chi connectivity index (χ2n) is 2.72. The molecule has 0 saturated carbocycles. The Kier molecular flexibility index (Phi) is 2.07. The van der Waals surface area contributed by atoms with Crippen molar-refractivity contribution in [1.82, 2.24) is 9.55 Å². The van der Waals surface area contributed by atoms with Crippen LogP contribution in [0.1, 0.15) is 23.2 Å². The van der Waals surface area contributed by atoms with E-state index in [4.69, 9.17) is 5.11 Å². The van der Waals surface area contributed by atoms with E-state index in [1.165, 1.54) is 7.05 Å². The van der Waals surface area contributed by atoms with E-state index in [1.54, 1.807) is 0 Å². The van der Waals surface area contributed by atoms with E-state index in [2.05, 4.69) is 4.98 Å². The van der Waals surface area contributed by atoms with Crippen LogP contribution in [-0.2, 0) is 13.0 Å². The molecule has 1 aromatic rings. The summed E-state index contributed by atoms with van der Waals surface area (Å²) in [6.07, 6.45) is 0.912. The maximum absolute atomic E-state index is 12.7. The minimum Gasteiger partial charge on any atom is -0.477 e. The fourth-order valence-corrected chi connectivity index (χ4v) is 1.02. The summed E-state index contributed by atoms with van der Waals surface area (Å²) in [5.74, 6) is -4.95. The Morgan fingerprint density at radius 2 is 2.23 bits per heavy atom. The minimum absolute atomic E-state index is 0.253. The predicted molar refractivity (Wildman–Crippen MR) is 39.7 cm³/mol. The summed E-state index contributed by atoms with van der Waals surface area (Å²) < 4.78 is 26.3. The van der Waals surface area contributed by atoms with Gasteiger partial charge in [0.25, 0.3) is 0 Å². The molecule has 1 rings (SSSR count). The third-order valence-electron chi connectivity index (χ3n) is 1.60. The van der Waals surface area contributed by atoms with E-state index < -0.39 is 17.7 Å². The molecule has 0 bridgehead atoms. The van der Waals surface area contributed by atoms with Gasteiger partial charge in [-0.3, -0.25) is 0 Å². The standard InChI is InChI=1S/C7H8F2N2O2/c1-7(8,9)6-10-3-4(5(12)13)11(6)2/h3H,1-2H3,(H,12,13). The number of halogens is 2. The summed E-state index contributed by atoms with van der Waals surface area (Å²) in [4.78, 5) is 13.8. The lowest BCUT2D eigenvalue weighted by Gasteiger charge is -2.09. The van der Waals surface area contributed by atoms with E-state index in [0.29, 0.717) is 6.92 Å². The van der Waals surface area contributed by atoms with Gasteiger partial charge >= 0.3 is 11.9 Å². The summed E-state index contributed by atoms with van der Waals surface area (Å²) in [6, 6.07) is 0. The largest absolute Gasteiger partial charge is 0.477 e. The number of aromatic carboxylic acids is 1. The average Bonchev–Trinajstić information content (AvgIpc) is 2.28. The monoisotopic (exact) mass is 190 g/mol. The predicted octanol–water partition coefficient (Wildman–Crippen LogP) is 1.23. The van der Waals surface area contributed by atoms with Crippen molar-refractivity contribution in [2.24, 2.45) is 7.05 Å². The summed E-state index contributed by atoms with van der Waals surface area (Å²) >= 11 is 0. The summed E-state index contributed by atoms with van der Waals surface area (Å²) in [7, 11) is 1.24. The summed E-state index contributed by atoms with van der Waals surface area (Å²) in [6.45, 7) is 0.668. The molecule has 0 unspecified atom stereocenters. The molecule has 0 aliphatic rings. The third-order valence-corrected chi connectivity index (χ3v) is 1.60. The maximum Gasteiger partial charge on any atom is 0.354 e. The quantitative estimate of drug-likeness (QED) is 0.763. The number of imidazole rings is 1. The topological polar surface area (TPSA) is 55.1 Å². The number of aromatic nitrogens is 2. The molecule has 13 heavy (non-hydrogen) atoms. The molecule has 0 amide bonds. The molecular formula is C7H8F2N2O2. The molecule has 0 spiro atoms. The highest BCUT2D eigenvalue weighted by atomic mass is 19.3. The Hall–Kier alpha value is -1.46. The lowest BCUT2D eigenvalue weighted by molar-refractivity contribution is 0.00483. The molecule has 0 fully saturated rings. The van der Waals surface area contributed by atoms with Crippen molar-refractivity contribution in [3.63, 3.8) is 0 Å². The van der Waals surface area contributed by atoms with Gasteiger partial charge in [-0.25, -0.2) is 9.78 Å². The van der Waals surface area contributed by atoms with Crippen molar-refractivity contribution in [2.75, 3.05) is 0 Å². The lowest BCUT2D eigenvalue weighted by Crippen LogP contribution is -2.16. The zero-order valence-electron chi connectivity index (χ0n) is 7.08. The molecule has 1 N–H and O–H groups in total. The van der Waals surface area contributed by atoms with E-state index in [9.17, 15) is 13.6 Å². The van der Waals surface area contributed by atoms with Gasteiger partial charge in [-0.15, -0.1) is 0 Å². The summed E-state index contributed by atoms with van der Waals surface area (Å²) in [5.41, 5.74) is -0.253. The lowest BCUT2D eigenvalue weighted by atomic mass is 10.3. The van der Waals surface area contributed by atoms with Gasteiger partial charge in [0, 0.05) is 14.0 Å². The van der Waals surface area contributed by atoms with Crippen molar-refractivity contribution in [3.05, 3.63) is 17.7 Å². The number of hydrogen-bond donors (Lipinski definition) is 1. The Labute approximate surface area is 72.8 Å². The van der Waals surface area contributed by atoms with Crippen LogP contribution in [0.15, 0.2) is 6.20 Å². The maximum atomic E-state index is 12.7. The number of hydrogen-bond acceptors (Lipinski definition) is 2. The molecule has 0 radical (unpaired) electrons. The van der Waals surface area contributed by atoms with E-state index in [-0.39, 0.29) is 5.69 Å². The molecular weight excluding hydrogens is 182 g/mol. The molecule has 6 heteroatoms. The molecule has 0 atom stereocenters. The Morgan fingerprint density at radius 3 is 2.46 bits per heavy atom. The first kappa shape index (κ1) is 9.63. The van der Waals surface area contributed by atoms with Crippen molar-refractivity contribution in [3.8, 4) is 0 Å². The van der Waals surface area contributed by atoms with Gasteiger partial charge in [0.15, 0.2) is 5.82 Å². The van der Waals surface area contributed by atoms with Gasteiger partial charge in [0.05, 0.1) is 6.20 Å². The van der Waals surface area contributed by atoms with Crippen LogP contribution < -0.4 is 0 Å². The van der Waals surface area contributed by atoms with Crippen molar-refractivity contribution >= 4 is 5.97 Å². The first-order valence-corrected chi connectivity index (χ1v) is 3.47. The van der Waals surface area contributed by atoms with Crippen LogP contribution in [-0.4, -0.2) is 20.6 Å². The van der Waals surface area contributed by atoms with Gasteiger partial charge in [-0.2, -0.15) is 8.78 Å². The smallest absolute Gasteiger partial charge is 0.354 e. The molecule has 72 valence electrons. The zero-order valence-corrected chi connectivity index (χ0v) is 7.08. The molecule has 1 aromatic heterocycles. The number of rotatable bonds is 2. The Balaban J connectivity index is 3.22. The second kappa shape index (κ2) is 2.79. The number of carboxylic acid groups (broad SMARTS) is 1. The molecule has 1 heterocycles. The number of carboxylic acids is 1. The van der Waals surface area contributed by atoms with Gasteiger partial charge in [0.2, 0.25) is 0 Å². The molecule has 0 saturated heterocycles. The first-order chi connectivity index (χ1) is 5.84. The molecule has 0 aliphatic carbocycles. The van der Waals surface area contributed by atoms with Gasteiger partial charge in [0.1, 0.15) is 5.69 Å². The van der Waals surface area contributed by atoms with Crippen LogP contribution in [0.4, 0.5) is 8.78 Å². The fraction of sp³-hybridized carbons (Fsp3) is 0.429. The fourth-order valence-electron chi connectivity index (χ4n) is 1.02. The van der Waals surface area contributed by atoms with Crippen LogP contribution in [0.5, 0.6) is 0 Å². The van der Waals surface area contributed by atoms with E-state index in [1.807, 2.05) is 0 Å². The minimum atomic E-state index is -3.12. The number of alkyl halides is 2. The summed E-state index contributed by atoms with van der Waals surface area (Å²) in [5, 5.41) is 8.54. The van der Waals surface area contributed by atoms with Crippen LogP contribution >= 0.6 is 0 Å². The Bertz CT molecular complexity index is 341. The second-order valence-corrected chi connectivity index (χ2v) is 2.72. The van der Waals surface area contributed by atoms with Gasteiger partial charge in [-0.1, -0.05) is 0 Å². The average molecular weight is 190 g/mol. The van der Waals surface area contributed by atoms with Gasteiger partial charge < -0.3 is 9.67 Å². The van der Waals surface area contributed by atoms with Crippen LogP contribution in [0, 0.1) is 0 Å². The third kappa shape index (κ3) is 1.66. The zero-order chi connectivity index (χ0) is 10.2. The molecule has 4 nitrogen and oxygen atoms in total. The molecule has 0 aromatic carbocycles. The SMILES string of the molecule is Cn1c(C(=O)O)cnc1C(C)(F)F. The highest BCUT2D eigenvalue weighted by molar-refractivity contribution is 5.85. The normalized spacial score (nSPS) is 11.7. The van der Waals surface area contributed by atoms with Crippen molar-refractivity contribution in [2.45, 2.75) is 12.8 Å². The van der Waals surface area contributed by atoms with Crippen molar-refractivity contribution in [1.29, 1.82) is 0 Å². The van der Waals surface area contributed by atoms with Crippen LogP contribution in [0.3, 0.4) is 0 Å².